The molecule has 0 bridgehead atoms. The van der Waals surface area contributed by atoms with Gasteiger partial charge < -0.3 is 9.47 Å². The molecule has 0 radical (unpaired) electrons. The second kappa shape index (κ2) is 2.33. The zero-order chi connectivity index (χ0) is 8.13. The second-order valence-corrected chi connectivity index (χ2v) is 4.12. The highest BCUT2D eigenvalue weighted by molar-refractivity contribution is 5.04. The van der Waals surface area contributed by atoms with E-state index in [1.807, 2.05) is 0 Å². The summed E-state index contributed by atoms with van der Waals surface area (Å²) in [6.45, 7) is 4.85. The maximum atomic E-state index is 5.51. The standard InChI is InChI=1S/C10H14O2/c1-2-6-3-8-9(12-8)4-7(6)10-5-11-10/h2,6-10H,1,3-5H2. The summed E-state index contributed by atoms with van der Waals surface area (Å²) >= 11 is 0. The maximum absolute atomic E-state index is 5.51. The van der Waals surface area contributed by atoms with Gasteiger partial charge >= 0.3 is 0 Å². The monoisotopic (exact) mass is 166 g/mol. The molecule has 3 aliphatic rings. The number of ether oxygens (including phenoxy) is 2. The summed E-state index contributed by atoms with van der Waals surface area (Å²) in [7, 11) is 0. The van der Waals surface area contributed by atoms with Crippen LogP contribution in [0.2, 0.25) is 0 Å². The van der Waals surface area contributed by atoms with Crippen molar-refractivity contribution in [3.8, 4) is 0 Å². The molecule has 5 unspecified atom stereocenters. The molecule has 3 rings (SSSR count). The number of rotatable bonds is 2. The van der Waals surface area contributed by atoms with Gasteiger partial charge in [-0.3, -0.25) is 0 Å². The number of hydrogen-bond acceptors (Lipinski definition) is 2. The molecule has 3 fully saturated rings. The van der Waals surface area contributed by atoms with Crippen LogP contribution in [0.1, 0.15) is 12.8 Å². The molecule has 5 atom stereocenters. The van der Waals surface area contributed by atoms with E-state index < -0.39 is 0 Å². The Hall–Kier alpha value is -0.340. The van der Waals surface area contributed by atoms with Gasteiger partial charge in [-0.05, 0) is 24.7 Å². The first-order chi connectivity index (χ1) is 5.88. The molecule has 2 heteroatoms. The van der Waals surface area contributed by atoms with Gasteiger partial charge in [0.05, 0.1) is 24.9 Å². The summed E-state index contributed by atoms with van der Waals surface area (Å²) in [5, 5.41) is 0. The van der Waals surface area contributed by atoms with Crippen LogP contribution in [0.25, 0.3) is 0 Å². The van der Waals surface area contributed by atoms with Crippen molar-refractivity contribution in [2.75, 3.05) is 6.61 Å². The van der Waals surface area contributed by atoms with Gasteiger partial charge in [-0.25, -0.2) is 0 Å². The highest BCUT2D eigenvalue weighted by Crippen LogP contribution is 2.47. The number of hydrogen-bond donors (Lipinski definition) is 0. The molecule has 66 valence electrons. The Kier molecular flexibility index (Phi) is 1.38. The Balaban J connectivity index is 1.74. The SMILES string of the molecule is C=CC1CC2OC2CC1C1CO1. The fourth-order valence-corrected chi connectivity index (χ4v) is 2.48. The van der Waals surface area contributed by atoms with Crippen molar-refractivity contribution in [1.29, 1.82) is 0 Å². The first kappa shape index (κ1) is 7.10. The van der Waals surface area contributed by atoms with Crippen LogP contribution in [0.5, 0.6) is 0 Å². The van der Waals surface area contributed by atoms with Crippen molar-refractivity contribution in [2.45, 2.75) is 31.2 Å². The fourth-order valence-electron chi connectivity index (χ4n) is 2.48. The van der Waals surface area contributed by atoms with Crippen LogP contribution in [-0.4, -0.2) is 24.9 Å². The van der Waals surface area contributed by atoms with Gasteiger partial charge in [0.15, 0.2) is 0 Å². The second-order valence-electron chi connectivity index (χ2n) is 4.12. The summed E-state index contributed by atoms with van der Waals surface area (Å²) in [4.78, 5) is 0. The summed E-state index contributed by atoms with van der Waals surface area (Å²) in [5.74, 6) is 1.34. The molecule has 0 spiro atoms. The Morgan fingerprint density at radius 1 is 1.17 bits per heavy atom. The topological polar surface area (TPSA) is 25.1 Å². The highest BCUT2D eigenvalue weighted by atomic mass is 16.6. The predicted octanol–water partition coefficient (Wildman–Crippen LogP) is 1.36. The molecule has 12 heavy (non-hydrogen) atoms. The molecule has 0 amide bonds. The average molecular weight is 166 g/mol. The Morgan fingerprint density at radius 2 is 1.92 bits per heavy atom. The molecule has 0 aromatic rings. The van der Waals surface area contributed by atoms with Gasteiger partial charge in [0, 0.05) is 0 Å². The van der Waals surface area contributed by atoms with Crippen LogP contribution in [-0.2, 0) is 9.47 Å². The van der Waals surface area contributed by atoms with Crippen LogP contribution < -0.4 is 0 Å². The maximum Gasteiger partial charge on any atom is 0.0847 e. The van der Waals surface area contributed by atoms with E-state index in [-0.39, 0.29) is 0 Å². The molecule has 1 saturated carbocycles. The van der Waals surface area contributed by atoms with Gasteiger partial charge in [-0.1, -0.05) is 6.08 Å². The normalized spacial score (nSPS) is 55.8. The van der Waals surface area contributed by atoms with Crippen LogP contribution in [0.3, 0.4) is 0 Å². The highest BCUT2D eigenvalue weighted by Gasteiger charge is 2.51. The molecule has 2 aliphatic heterocycles. The molecule has 0 aromatic heterocycles. The zero-order valence-electron chi connectivity index (χ0n) is 7.11. The molecule has 2 nitrogen and oxygen atoms in total. The molecule has 0 aromatic carbocycles. The zero-order valence-corrected chi connectivity index (χ0v) is 7.11. The molecular formula is C10H14O2. The van der Waals surface area contributed by atoms with E-state index in [2.05, 4.69) is 12.7 Å². The minimum Gasteiger partial charge on any atom is -0.373 e. The van der Waals surface area contributed by atoms with Crippen LogP contribution in [0.15, 0.2) is 12.7 Å². The lowest BCUT2D eigenvalue weighted by Gasteiger charge is -2.24. The van der Waals surface area contributed by atoms with Crippen LogP contribution in [0, 0.1) is 11.8 Å². The van der Waals surface area contributed by atoms with E-state index in [0.717, 1.165) is 6.61 Å². The van der Waals surface area contributed by atoms with E-state index in [1.54, 1.807) is 0 Å². The van der Waals surface area contributed by atoms with Crippen molar-refractivity contribution in [3.05, 3.63) is 12.7 Å². The van der Waals surface area contributed by atoms with Crippen molar-refractivity contribution in [3.63, 3.8) is 0 Å². The summed E-state index contributed by atoms with van der Waals surface area (Å²) in [6, 6.07) is 0. The van der Waals surface area contributed by atoms with Gasteiger partial charge in [-0.15, -0.1) is 6.58 Å². The Labute approximate surface area is 72.5 Å². The van der Waals surface area contributed by atoms with Crippen molar-refractivity contribution >= 4 is 0 Å². The minimum absolute atomic E-state index is 0.526. The summed E-state index contributed by atoms with van der Waals surface area (Å²) < 4.78 is 10.9. The average Bonchev–Trinajstić information content (AvgIpc) is 2.96. The quantitative estimate of drug-likeness (QED) is 0.457. The smallest absolute Gasteiger partial charge is 0.0847 e. The molecule has 2 heterocycles. The molecule has 1 aliphatic carbocycles. The lowest BCUT2D eigenvalue weighted by atomic mass is 9.78. The van der Waals surface area contributed by atoms with E-state index in [0.29, 0.717) is 30.1 Å². The third kappa shape index (κ3) is 1.02. The third-order valence-electron chi connectivity index (χ3n) is 3.39. The number of allylic oxidation sites excluding steroid dienone is 1. The predicted molar refractivity (Wildman–Crippen MR) is 44.8 cm³/mol. The first-order valence-corrected chi connectivity index (χ1v) is 4.78. The first-order valence-electron chi connectivity index (χ1n) is 4.78. The Bertz CT molecular complexity index is 210. The van der Waals surface area contributed by atoms with Gasteiger partial charge in [0.2, 0.25) is 0 Å². The largest absolute Gasteiger partial charge is 0.373 e. The molecular weight excluding hydrogens is 152 g/mol. The van der Waals surface area contributed by atoms with E-state index in [1.165, 1.54) is 12.8 Å². The minimum atomic E-state index is 0.526. The van der Waals surface area contributed by atoms with E-state index >= 15 is 0 Å². The van der Waals surface area contributed by atoms with Crippen molar-refractivity contribution in [2.24, 2.45) is 11.8 Å². The van der Waals surface area contributed by atoms with Gasteiger partial charge in [0.25, 0.3) is 0 Å². The fraction of sp³-hybridized carbons (Fsp3) is 0.800. The van der Waals surface area contributed by atoms with Crippen molar-refractivity contribution < 1.29 is 9.47 Å². The van der Waals surface area contributed by atoms with Crippen molar-refractivity contribution in [1.82, 2.24) is 0 Å². The van der Waals surface area contributed by atoms with Crippen LogP contribution in [0.4, 0.5) is 0 Å². The summed E-state index contributed by atoms with van der Waals surface area (Å²) in [6.07, 6.45) is 6.12. The van der Waals surface area contributed by atoms with Gasteiger partial charge in [0.1, 0.15) is 0 Å². The van der Waals surface area contributed by atoms with E-state index in [4.69, 9.17) is 9.47 Å². The van der Waals surface area contributed by atoms with Crippen LogP contribution >= 0.6 is 0 Å². The van der Waals surface area contributed by atoms with Gasteiger partial charge in [-0.2, -0.15) is 0 Å². The number of fused-ring (bicyclic) bond motifs is 1. The number of epoxide rings is 2. The third-order valence-corrected chi connectivity index (χ3v) is 3.39. The Morgan fingerprint density at radius 3 is 2.58 bits per heavy atom. The molecule has 0 N–H and O–H groups in total. The lowest BCUT2D eigenvalue weighted by molar-refractivity contribution is 0.236. The van der Waals surface area contributed by atoms with E-state index in [9.17, 15) is 0 Å². The lowest BCUT2D eigenvalue weighted by Crippen LogP contribution is -2.26. The molecule has 2 saturated heterocycles. The summed E-state index contributed by atoms with van der Waals surface area (Å²) in [5.41, 5.74) is 0.